The molecular formula is C55H107NO14. The third-order valence-electron chi connectivity index (χ3n) is 14.6. The number of carbonyl (C=O) groups excluding carboxylic acids is 1. The minimum absolute atomic E-state index is 0.224. The molecule has 2 saturated heterocycles. The van der Waals surface area contributed by atoms with Gasteiger partial charge < -0.3 is 70.2 Å². The molecule has 2 fully saturated rings. The molecule has 13 atom stereocenters. The van der Waals surface area contributed by atoms with Gasteiger partial charge in [0.1, 0.15) is 54.9 Å². The zero-order valence-corrected chi connectivity index (χ0v) is 44.1. The lowest BCUT2D eigenvalue weighted by atomic mass is 9.98. The number of aliphatic hydroxyl groups is 9. The Hall–Kier alpha value is -1.05. The lowest BCUT2D eigenvalue weighted by Gasteiger charge is -2.42. The van der Waals surface area contributed by atoms with Crippen molar-refractivity contribution in [2.45, 2.75) is 325 Å². The largest absolute Gasteiger partial charge is 0.390 e. The molecule has 15 nitrogen and oxygen atoms in total. The van der Waals surface area contributed by atoms with Crippen molar-refractivity contribution in [3.05, 3.63) is 0 Å². The van der Waals surface area contributed by atoms with Gasteiger partial charge in [-0.15, -0.1) is 0 Å². The number of hydrogen-bond acceptors (Lipinski definition) is 14. The predicted octanol–water partition coefficient (Wildman–Crippen LogP) is 7.92. The summed E-state index contributed by atoms with van der Waals surface area (Å²) in [6.45, 7) is 3.20. The van der Waals surface area contributed by atoms with Crippen LogP contribution in [-0.4, -0.2) is 151 Å². The average Bonchev–Trinajstić information content (AvgIpc) is 3.35. The molecule has 10 N–H and O–H groups in total. The van der Waals surface area contributed by atoms with Gasteiger partial charge in [0, 0.05) is 0 Å². The molecule has 0 unspecified atom stereocenters. The summed E-state index contributed by atoms with van der Waals surface area (Å²) in [5.41, 5.74) is 0. The first-order chi connectivity index (χ1) is 33.9. The molecule has 0 bridgehead atoms. The van der Waals surface area contributed by atoms with Crippen LogP contribution in [0.1, 0.15) is 245 Å². The summed E-state index contributed by atoms with van der Waals surface area (Å²) in [6, 6.07) is -1.24. The van der Waals surface area contributed by atoms with E-state index < -0.39 is 98.8 Å². The van der Waals surface area contributed by atoms with Crippen LogP contribution in [0, 0.1) is 0 Å². The van der Waals surface area contributed by atoms with Gasteiger partial charge in [-0.05, 0) is 12.8 Å². The first kappa shape index (κ1) is 65.1. The molecule has 2 aliphatic heterocycles. The normalized spacial score (nSPS) is 25.7. The maximum atomic E-state index is 13.3. The maximum absolute atomic E-state index is 13.3. The van der Waals surface area contributed by atoms with Crippen LogP contribution in [0.4, 0.5) is 0 Å². The fraction of sp³-hybridized carbons (Fsp3) is 0.982. The molecule has 0 radical (unpaired) electrons. The van der Waals surface area contributed by atoms with Crippen molar-refractivity contribution in [3.63, 3.8) is 0 Å². The van der Waals surface area contributed by atoms with E-state index in [1.54, 1.807) is 0 Å². The van der Waals surface area contributed by atoms with Crippen LogP contribution in [0.3, 0.4) is 0 Å². The lowest BCUT2D eigenvalue weighted by molar-refractivity contribution is -0.322. The van der Waals surface area contributed by atoms with Crippen LogP contribution >= 0.6 is 0 Å². The highest BCUT2D eigenvalue weighted by Gasteiger charge is 2.46. The van der Waals surface area contributed by atoms with Gasteiger partial charge in [0.15, 0.2) is 12.6 Å². The quantitative estimate of drug-likeness (QED) is 0.0261. The van der Waals surface area contributed by atoms with Gasteiger partial charge in [0.25, 0.3) is 0 Å². The van der Waals surface area contributed by atoms with Crippen LogP contribution < -0.4 is 5.32 Å². The standard InChI is InChI=1S/C55H107NO14/c1-3-5-7-9-11-13-15-17-18-19-20-21-22-23-24-26-28-30-32-34-36-38-44(58)53(66)56-42(47(60)43(57)37-35-33-31-29-27-25-16-14-12-10-8-6-4-2)39-67-55-52(65)50(63)49(62)46(70-55)41-69-54-51(64)48(61)45(59)40-68-54/h42-52,54-55,57-65H,3-41H2,1-2H3,(H,56,66)/t42-,43+,44+,45+,46+,47-,48+,49+,50-,51-,52+,54-,55+/m0/s1. The maximum Gasteiger partial charge on any atom is 0.249 e. The van der Waals surface area contributed by atoms with Crippen molar-refractivity contribution in [1.82, 2.24) is 5.32 Å². The molecule has 0 aromatic heterocycles. The average molecular weight is 1010 g/mol. The molecule has 2 aliphatic rings. The van der Waals surface area contributed by atoms with Crippen molar-refractivity contribution in [3.8, 4) is 0 Å². The van der Waals surface area contributed by atoms with E-state index in [-0.39, 0.29) is 19.4 Å². The monoisotopic (exact) mass is 1010 g/mol. The van der Waals surface area contributed by atoms with Gasteiger partial charge in [-0.2, -0.15) is 0 Å². The number of hydrogen-bond donors (Lipinski definition) is 10. The molecule has 1 amide bonds. The minimum Gasteiger partial charge on any atom is -0.390 e. The lowest BCUT2D eigenvalue weighted by Crippen LogP contribution is -2.61. The first-order valence-electron chi connectivity index (χ1n) is 28.9. The third kappa shape index (κ3) is 29.1. The molecule has 15 heteroatoms. The number of rotatable bonds is 46. The van der Waals surface area contributed by atoms with E-state index in [4.69, 9.17) is 18.9 Å². The van der Waals surface area contributed by atoms with Crippen LogP contribution in [0.25, 0.3) is 0 Å². The Morgan fingerprint density at radius 3 is 1.30 bits per heavy atom. The summed E-state index contributed by atoms with van der Waals surface area (Å²) in [4.78, 5) is 13.3. The molecule has 0 saturated carbocycles. The van der Waals surface area contributed by atoms with Crippen molar-refractivity contribution in [1.29, 1.82) is 0 Å². The van der Waals surface area contributed by atoms with E-state index in [1.807, 2.05) is 0 Å². The topological polar surface area (TPSA) is 248 Å². The fourth-order valence-electron chi connectivity index (χ4n) is 9.72. The number of amides is 1. The van der Waals surface area contributed by atoms with E-state index in [2.05, 4.69) is 19.2 Å². The van der Waals surface area contributed by atoms with E-state index in [1.165, 1.54) is 167 Å². The molecule has 2 rings (SSSR count). The summed E-state index contributed by atoms with van der Waals surface area (Å²) in [5, 5.41) is 98.1. The van der Waals surface area contributed by atoms with Crippen molar-refractivity contribution >= 4 is 5.91 Å². The van der Waals surface area contributed by atoms with Gasteiger partial charge in [0.2, 0.25) is 5.91 Å². The number of aliphatic hydroxyl groups excluding tert-OH is 9. The zero-order chi connectivity index (χ0) is 51.2. The summed E-state index contributed by atoms with van der Waals surface area (Å²) >= 11 is 0. The Morgan fingerprint density at radius 1 is 0.486 bits per heavy atom. The molecule has 0 aromatic carbocycles. The number of nitrogens with one attached hydrogen (secondary N) is 1. The molecule has 416 valence electrons. The smallest absolute Gasteiger partial charge is 0.249 e. The highest BCUT2D eigenvalue weighted by Crippen LogP contribution is 2.26. The second kappa shape index (κ2) is 42.2. The van der Waals surface area contributed by atoms with Gasteiger partial charge >= 0.3 is 0 Å². The van der Waals surface area contributed by atoms with Gasteiger partial charge in [0.05, 0.1) is 32.0 Å². The van der Waals surface area contributed by atoms with E-state index in [9.17, 15) is 50.8 Å². The Balaban J connectivity index is 1.77. The van der Waals surface area contributed by atoms with Crippen molar-refractivity contribution in [2.24, 2.45) is 0 Å². The summed E-state index contributed by atoms with van der Waals surface area (Å²) in [6.07, 6.45) is 24.0. The first-order valence-corrected chi connectivity index (χ1v) is 28.9. The summed E-state index contributed by atoms with van der Waals surface area (Å²) in [5.74, 6) is -0.737. The van der Waals surface area contributed by atoms with Crippen molar-refractivity contribution in [2.75, 3.05) is 19.8 Å². The molecule has 0 aromatic rings. The van der Waals surface area contributed by atoms with Crippen LogP contribution in [0.15, 0.2) is 0 Å². The minimum atomic E-state index is -1.77. The predicted molar refractivity (Wildman–Crippen MR) is 274 cm³/mol. The highest BCUT2D eigenvalue weighted by atomic mass is 16.7. The number of carbonyl (C=O) groups is 1. The Morgan fingerprint density at radius 2 is 0.871 bits per heavy atom. The molecule has 0 aliphatic carbocycles. The molecule has 70 heavy (non-hydrogen) atoms. The van der Waals surface area contributed by atoms with Gasteiger partial charge in [-0.1, -0.05) is 232 Å². The Labute approximate surface area is 424 Å². The second-order valence-electron chi connectivity index (χ2n) is 21.0. The summed E-state index contributed by atoms with van der Waals surface area (Å²) in [7, 11) is 0. The Kier molecular flexibility index (Phi) is 39.2. The third-order valence-corrected chi connectivity index (χ3v) is 14.6. The van der Waals surface area contributed by atoms with Crippen LogP contribution in [0.5, 0.6) is 0 Å². The second-order valence-corrected chi connectivity index (χ2v) is 21.0. The van der Waals surface area contributed by atoms with E-state index in [0.717, 1.165) is 38.5 Å². The highest BCUT2D eigenvalue weighted by molar-refractivity contribution is 5.80. The number of unbranched alkanes of at least 4 members (excludes halogenated alkanes) is 32. The van der Waals surface area contributed by atoms with Crippen LogP contribution in [0.2, 0.25) is 0 Å². The number of ether oxygens (including phenoxy) is 4. The van der Waals surface area contributed by atoms with Crippen LogP contribution in [-0.2, 0) is 23.7 Å². The molecular weight excluding hydrogens is 899 g/mol. The zero-order valence-electron chi connectivity index (χ0n) is 44.1. The Bertz CT molecular complexity index is 1210. The molecule has 2 heterocycles. The summed E-state index contributed by atoms with van der Waals surface area (Å²) < 4.78 is 22.3. The van der Waals surface area contributed by atoms with Crippen molar-refractivity contribution < 1.29 is 69.7 Å². The molecule has 0 spiro atoms. The van der Waals surface area contributed by atoms with Gasteiger partial charge in [-0.3, -0.25) is 4.79 Å². The van der Waals surface area contributed by atoms with Gasteiger partial charge in [-0.25, -0.2) is 0 Å². The van der Waals surface area contributed by atoms with E-state index in [0.29, 0.717) is 12.8 Å². The fourth-order valence-corrected chi connectivity index (χ4v) is 9.72. The van der Waals surface area contributed by atoms with E-state index >= 15 is 0 Å². The SMILES string of the molecule is CCCCCCCCCCCCCCCCCCCCCCC[C@@H](O)C(=O)N[C@@H](CO[C@@H]1O[C@H](CO[C@@H]2OC[C@@H](O)[C@@H](O)[C@@H]2O)[C@@H](O)[C@H](O)[C@H]1O)[C@H](O)[C@H](O)CCCCCCCCCCCCCCC.